The van der Waals surface area contributed by atoms with E-state index in [2.05, 4.69) is 12.6 Å². The number of amides is 1. The first kappa shape index (κ1) is 18.2. The highest BCUT2D eigenvalue weighted by atomic mass is 32.1. The van der Waals surface area contributed by atoms with Crippen LogP contribution in [-0.4, -0.2) is 62.4 Å². The molecule has 3 N–H and O–H groups in total. The second-order valence-electron chi connectivity index (χ2n) is 4.03. The molecule has 114 valence electrons. The van der Waals surface area contributed by atoms with E-state index in [1.807, 2.05) is 0 Å². The summed E-state index contributed by atoms with van der Waals surface area (Å²) in [6.07, 6.45) is -0.416. The van der Waals surface area contributed by atoms with E-state index in [9.17, 15) is 19.2 Å². The number of rotatable bonds is 10. The lowest BCUT2D eigenvalue weighted by molar-refractivity contribution is -0.154. The van der Waals surface area contributed by atoms with Gasteiger partial charge in [-0.25, -0.2) is 4.79 Å². The Kier molecular flexibility index (Phi) is 8.37. The minimum absolute atomic E-state index is 0.0103. The van der Waals surface area contributed by atoms with Crippen molar-refractivity contribution in [2.75, 3.05) is 12.3 Å². The molecule has 0 saturated heterocycles. The highest BCUT2D eigenvalue weighted by Gasteiger charge is 2.30. The molecule has 0 radical (unpaired) electrons. The zero-order valence-electron chi connectivity index (χ0n) is 10.7. The average Bonchev–Trinajstić information content (AvgIpc) is 2.32. The van der Waals surface area contributed by atoms with Gasteiger partial charge < -0.3 is 20.2 Å². The third-order valence-corrected chi connectivity index (χ3v) is 2.73. The van der Waals surface area contributed by atoms with Crippen molar-refractivity contribution in [1.29, 1.82) is 0 Å². The molecule has 0 aromatic rings. The molecule has 0 fully saturated rings. The maximum Gasteiger partial charge on any atom is 0.326 e. The molecule has 9 heteroatoms. The van der Waals surface area contributed by atoms with Crippen LogP contribution in [0.15, 0.2) is 0 Å². The van der Waals surface area contributed by atoms with Crippen molar-refractivity contribution in [3.63, 3.8) is 0 Å². The molecule has 0 aliphatic rings. The predicted molar refractivity (Wildman–Crippen MR) is 70.7 cm³/mol. The average molecular weight is 307 g/mol. The lowest BCUT2D eigenvalue weighted by Gasteiger charge is -2.27. The van der Waals surface area contributed by atoms with Gasteiger partial charge in [0, 0.05) is 12.8 Å². The Hall–Kier alpha value is -1.77. The van der Waals surface area contributed by atoms with E-state index in [-0.39, 0.29) is 31.4 Å². The van der Waals surface area contributed by atoms with Crippen molar-refractivity contribution in [1.82, 2.24) is 4.90 Å². The molecule has 20 heavy (non-hydrogen) atoms. The number of nitrogens with zero attached hydrogens (tertiary/aromatic N) is 1. The van der Waals surface area contributed by atoms with E-state index in [4.69, 9.17) is 15.3 Å². The van der Waals surface area contributed by atoms with E-state index in [1.54, 1.807) is 0 Å². The van der Waals surface area contributed by atoms with Crippen LogP contribution in [0, 0.1) is 0 Å². The zero-order chi connectivity index (χ0) is 15.7. The molecule has 1 amide bonds. The van der Waals surface area contributed by atoms with Crippen molar-refractivity contribution in [3.8, 4) is 0 Å². The summed E-state index contributed by atoms with van der Waals surface area (Å²) in [5.41, 5.74) is 0. The summed E-state index contributed by atoms with van der Waals surface area (Å²) in [6.45, 7) is -0.739. The topological polar surface area (TPSA) is 132 Å². The molecule has 0 aliphatic carbocycles. The standard InChI is InChI=1S/C11H17NO7S/c13-8(2-1-3-9(14)15)12(6-10(16)17)7(4-5-20)11(18)19/h7,20H,1-6H2,(H,14,15)(H,16,17)(H,18,19)/t7-/m0/s1. The van der Waals surface area contributed by atoms with Gasteiger partial charge in [-0.15, -0.1) is 0 Å². The van der Waals surface area contributed by atoms with Gasteiger partial charge in [-0.2, -0.15) is 12.6 Å². The molecule has 0 aliphatic heterocycles. The predicted octanol–water partition coefficient (Wildman–Crippen LogP) is -0.0724. The fourth-order valence-electron chi connectivity index (χ4n) is 1.59. The van der Waals surface area contributed by atoms with Crippen LogP contribution in [0.1, 0.15) is 25.7 Å². The summed E-state index contributed by atoms with van der Waals surface area (Å²) in [7, 11) is 0. The SMILES string of the molecule is O=C(O)CCCC(=O)N(CC(=O)O)[C@@H](CCS)C(=O)O. The van der Waals surface area contributed by atoms with Crippen LogP contribution < -0.4 is 0 Å². The Labute approximate surface area is 120 Å². The maximum atomic E-state index is 11.9. The first-order valence-electron chi connectivity index (χ1n) is 5.86. The number of aliphatic carboxylic acids is 3. The van der Waals surface area contributed by atoms with Gasteiger partial charge in [0.15, 0.2) is 0 Å². The van der Waals surface area contributed by atoms with Gasteiger partial charge in [0.2, 0.25) is 5.91 Å². The van der Waals surface area contributed by atoms with E-state index in [0.717, 1.165) is 4.90 Å². The molecule has 0 spiro atoms. The summed E-state index contributed by atoms with van der Waals surface area (Å²) in [5, 5.41) is 26.2. The third-order valence-electron chi connectivity index (χ3n) is 2.47. The van der Waals surface area contributed by atoms with Crippen molar-refractivity contribution >= 4 is 36.4 Å². The lowest BCUT2D eigenvalue weighted by atomic mass is 10.1. The Morgan fingerprint density at radius 1 is 1.00 bits per heavy atom. The van der Waals surface area contributed by atoms with Crippen molar-refractivity contribution < 1.29 is 34.5 Å². The maximum absolute atomic E-state index is 11.9. The number of thiol groups is 1. The van der Waals surface area contributed by atoms with Gasteiger partial charge in [0.05, 0.1) is 0 Å². The molecule has 0 bridgehead atoms. The molecular formula is C11H17NO7S. The quantitative estimate of drug-likeness (QED) is 0.415. The van der Waals surface area contributed by atoms with Gasteiger partial charge in [-0.1, -0.05) is 0 Å². The van der Waals surface area contributed by atoms with Crippen LogP contribution in [-0.2, 0) is 19.2 Å². The molecule has 0 unspecified atom stereocenters. The Morgan fingerprint density at radius 2 is 1.60 bits per heavy atom. The monoisotopic (exact) mass is 307 g/mol. The largest absolute Gasteiger partial charge is 0.481 e. The molecule has 1 atom stereocenters. The fraction of sp³-hybridized carbons (Fsp3) is 0.636. The van der Waals surface area contributed by atoms with E-state index in [0.29, 0.717) is 0 Å². The first-order valence-corrected chi connectivity index (χ1v) is 6.49. The Bertz CT molecular complexity index is 385. The molecule has 0 heterocycles. The van der Waals surface area contributed by atoms with Gasteiger partial charge >= 0.3 is 17.9 Å². The smallest absolute Gasteiger partial charge is 0.326 e. The second-order valence-corrected chi connectivity index (χ2v) is 4.48. The molecule has 0 aromatic heterocycles. The van der Waals surface area contributed by atoms with Gasteiger partial charge in [-0.3, -0.25) is 14.4 Å². The van der Waals surface area contributed by atoms with E-state index >= 15 is 0 Å². The number of hydrogen-bond acceptors (Lipinski definition) is 5. The normalized spacial score (nSPS) is 11.7. The van der Waals surface area contributed by atoms with Gasteiger partial charge in [0.25, 0.3) is 0 Å². The van der Waals surface area contributed by atoms with Crippen molar-refractivity contribution in [2.24, 2.45) is 0 Å². The van der Waals surface area contributed by atoms with Crippen molar-refractivity contribution in [2.45, 2.75) is 31.7 Å². The summed E-state index contributed by atoms with van der Waals surface area (Å²) >= 11 is 3.88. The highest BCUT2D eigenvalue weighted by molar-refractivity contribution is 7.80. The molecular weight excluding hydrogens is 290 g/mol. The Morgan fingerprint density at radius 3 is 2.00 bits per heavy atom. The van der Waals surface area contributed by atoms with Crippen molar-refractivity contribution in [3.05, 3.63) is 0 Å². The molecule has 0 aromatic carbocycles. The van der Waals surface area contributed by atoms with Crippen LogP contribution in [0.5, 0.6) is 0 Å². The van der Waals surface area contributed by atoms with Crippen LogP contribution in [0.25, 0.3) is 0 Å². The summed E-state index contributed by atoms with van der Waals surface area (Å²) in [4.78, 5) is 44.8. The van der Waals surface area contributed by atoms with Crippen LogP contribution in [0.3, 0.4) is 0 Å². The van der Waals surface area contributed by atoms with E-state index in [1.165, 1.54) is 0 Å². The minimum Gasteiger partial charge on any atom is -0.481 e. The number of carbonyl (C=O) groups excluding carboxylic acids is 1. The number of carboxylic acids is 3. The first-order chi connectivity index (χ1) is 9.29. The van der Waals surface area contributed by atoms with Crippen LogP contribution in [0.2, 0.25) is 0 Å². The molecule has 8 nitrogen and oxygen atoms in total. The molecule has 0 rings (SSSR count). The fourth-order valence-corrected chi connectivity index (χ4v) is 1.83. The summed E-state index contributed by atoms with van der Waals surface area (Å²) in [5.74, 6) is -4.24. The number of hydrogen-bond donors (Lipinski definition) is 4. The minimum atomic E-state index is -1.33. The zero-order valence-corrected chi connectivity index (χ0v) is 11.6. The number of carboxylic acid groups (broad SMARTS) is 3. The van der Waals surface area contributed by atoms with E-state index < -0.39 is 36.4 Å². The summed E-state index contributed by atoms with van der Waals surface area (Å²) in [6, 6.07) is -1.28. The second kappa shape index (κ2) is 9.18. The Balaban J connectivity index is 4.82. The summed E-state index contributed by atoms with van der Waals surface area (Å²) < 4.78 is 0. The lowest BCUT2D eigenvalue weighted by Crippen LogP contribution is -2.47. The highest BCUT2D eigenvalue weighted by Crippen LogP contribution is 2.10. The van der Waals surface area contributed by atoms with Gasteiger partial charge in [-0.05, 0) is 18.6 Å². The van der Waals surface area contributed by atoms with Crippen LogP contribution in [0.4, 0.5) is 0 Å². The third kappa shape index (κ3) is 6.98. The van der Waals surface area contributed by atoms with Crippen LogP contribution >= 0.6 is 12.6 Å². The number of carbonyl (C=O) groups is 4. The van der Waals surface area contributed by atoms with Gasteiger partial charge in [0.1, 0.15) is 12.6 Å². The molecule has 0 saturated carbocycles.